The number of rotatable bonds is 9. The lowest BCUT2D eigenvalue weighted by Gasteiger charge is -2.36. The monoisotopic (exact) mass is 667 g/mol. The fraction of sp³-hybridized carbons (Fsp3) is 0.229. The largest absolute Gasteiger partial charge is 0.497 e. The van der Waals surface area contributed by atoms with E-state index in [1.54, 1.807) is 49.5 Å². The minimum atomic E-state index is -4.43. The third-order valence-electron chi connectivity index (χ3n) is 8.45. The summed E-state index contributed by atoms with van der Waals surface area (Å²) in [6, 6.07) is 19.1. The lowest BCUT2D eigenvalue weighted by atomic mass is 9.86. The van der Waals surface area contributed by atoms with E-state index in [2.05, 4.69) is 16.0 Å². The third kappa shape index (κ3) is 5.44. The van der Waals surface area contributed by atoms with Crippen molar-refractivity contribution in [1.82, 2.24) is 13.9 Å². The zero-order chi connectivity index (χ0) is 34.2. The summed E-state index contributed by atoms with van der Waals surface area (Å²) >= 11 is 0. The summed E-state index contributed by atoms with van der Waals surface area (Å²) in [6.07, 6.45) is 1.54. The number of carbonyl (C=O) groups is 1. The SMILES string of the molecule is CCOc1ncccc1-c1c(-c2c(O)n(S(=O)(=O)c3ccc(OC)cc3)c3ccccc23)c(C(=O)O)cc(C#N)c1N1CCN(C)CC1. The summed E-state index contributed by atoms with van der Waals surface area (Å²) < 4.78 is 40.4. The van der Waals surface area contributed by atoms with Crippen LogP contribution < -0.4 is 14.4 Å². The maximum Gasteiger partial charge on any atom is 0.336 e. The van der Waals surface area contributed by atoms with E-state index in [1.807, 2.05) is 11.9 Å². The first-order valence-corrected chi connectivity index (χ1v) is 16.6. The van der Waals surface area contributed by atoms with Crippen molar-refractivity contribution in [2.75, 3.05) is 51.8 Å². The van der Waals surface area contributed by atoms with E-state index in [9.17, 15) is 28.7 Å². The first kappa shape index (κ1) is 32.4. The van der Waals surface area contributed by atoms with E-state index in [0.717, 1.165) is 3.97 Å². The van der Waals surface area contributed by atoms with Gasteiger partial charge < -0.3 is 29.5 Å². The van der Waals surface area contributed by atoms with E-state index in [4.69, 9.17) is 9.47 Å². The average Bonchev–Trinajstić information content (AvgIpc) is 3.40. The van der Waals surface area contributed by atoms with Crippen LogP contribution in [0.15, 0.2) is 77.8 Å². The predicted molar refractivity (Wildman–Crippen MR) is 180 cm³/mol. The molecule has 1 aliphatic rings. The van der Waals surface area contributed by atoms with Gasteiger partial charge in [0.15, 0.2) is 0 Å². The molecule has 1 fully saturated rings. The van der Waals surface area contributed by atoms with Gasteiger partial charge in [-0.3, -0.25) is 0 Å². The Morgan fingerprint density at radius 1 is 1.00 bits per heavy atom. The maximum atomic E-state index is 14.2. The molecule has 0 radical (unpaired) electrons. The Morgan fingerprint density at radius 2 is 1.71 bits per heavy atom. The van der Waals surface area contributed by atoms with Gasteiger partial charge in [0.05, 0.1) is 46.5 Å². The summed E-state index contributed by atoms with van der Waals surface area (Å²) in [5.41, 5.74) is 1.05. The van der Waals surface area contributed by atoms with Crippen LogP contribution >= 0.6 is 0 Å². The Bertz CT molecular complexity index is 2180. The zero-order valence-corrected chi connectivity index (χ0v) is 27.4. The molecule has 2 N–H and O–H groups in total. The van der Waals surface area contributed by atoms with Gasteiger partial charge in [-0.15, -0.1) is 0 Å². The number of hydrogen-bond donors (Lipinski definition) is 2. The summed E-state index contributed by atoms with van der Waals surface area (Å²) in [6.45, 7) is 4.44. The van der Waals surface area contributed by atoms with E-state index >= 15 is 0 Å². The van der Waals surface area contributed by atoms with Crippen molar-refractivity contribution < 1.29 is 32.9 Å². The van der Waals surface area contributed by atoms with E-state index in [1.165, 1.54) is 37.4 Å². The number of nitriles is 1. The molecule has 1 saturated heterocycles. The van der Waals surface area contributed by atoms with Gasteiger partial charge >= 0.3 is 5.97 Å². The Hall–Kier alpha value is -5.58. The summed E-state index contributed by atoms with van der Waals surface area (Å²) in [7, 11) is -0.970. The number of anilines is 1. The van der Waals surface area contributed by atoms with Gasteiger partial charge in [0, 0.05) is 54.5 Å². The number of pyridine rings is 1. The standard InChI is InChI=1S/C35H33N5O7S/c1-4-47-33-26(9-7-15-37-33)30-29(27(35(42)43)20-22(21-36)32(30)39-18-16-38(2)17-19-39)31-25-8-5-6-10-28(25)40(34(31)41)48(44,45)24-13-11-23(46-3)12-14-24/h5-15,20,41H,4,16-19H2,1-3H3,(H,42,43). The number of likely N-dealkylation sites (N-methyl/N-ethyl adjacent to an activating group) is 1. The lowest BCUT2D eigenvalue weighted by Crippen LogP contribution is -2.45. The minimum absolute atomic E-state index is 0.0266. The second kappa shape index (κ2) is 12.9. The quantitative estimate of drug-likeness (QED) is 0.217. The van der Waals surface area contributed by atoms with Gasteiger partial charge in [0.2, 0.25) is 11.8 Å². The molecule has 6 rings (SSSR count). The highest BCUT2D eigenvalue weighted by molar-refractivity contribution is 7.90. The van der Waals surface area contributed by atoms with Gasteiger partial charge in [-0.1, -0.05) is 18.2 Å². The van der Waals surface area contributed by atoms with Crippen molar-refractivity contribution >= 4 is 32.6 Å². The van der Waals surface area contributed by atoms with Crippen LogP contribution in [-0.4, -0.2) is 85.4 Å². The van der Waals surface area contributed by atoms with Crippen LogP contribution in [0.1, 0.15) is 22.8 Å². The number of hydrogen-bond acceptors (Lipinski definition) is 10. The molecule has 5 aromatic rings. The predicted octanol–water partition coefficient (Wildman–Crippen LogP) is 5.04. The van der Waals surface area contributed by atoms with Crippen molar-refractivity contribution in [1.29, 1.82) is 5.26 Å². The summed E-state index contributed by atoms with van der Waals surface area (Å²) in [5, 5.41) is 33.5. The molecule has 12 nitrogen and oxygen atoms in total. The van der Waals surface area contributed by atoms with E-state index in [0.29, 0.717) is 43.2 Å². The molecule has 0 spiro atoms. The fourth-order valence-corrected chi connectivity index (χ4v) is 7.61. The highest BCUT2D eigenvalue weighted by atomic mass is 32.2. The number of carboxylic acid groups (broad SMARTS) is 1. The van der Waals surface area contributed by atoms with Crippen LogP contribution in [0.3, 0.4) is 0 Å². The average molecular weight is 668 g/mol. The van der Waals surface area contributed by atoms with Crippen LogP contribution in [0, 0.1) is 11.3 Å². The minimum Gasteiger partial charge on any atom is -0.497 e. The number of ether oxygens (including phenoxy) is 2. The van der Waals surface area contributed by atoms with Crippen LogP contribution in [0.25, 0.3) is 33.2 Å². The van der Waals surface area contributed by atoms with Gasteiger partial charge in [0.25, 0.3) is 10.0 Å². The van der Waals surface area contributed by atoms with Crippen molar-refractivity contribution in [3.8, 4) is 45.8 Å². The lowest BCUT2D eigenvalue weighted by molar-refractivity contribution is 0.0697. The van der Waals surface area contributed by atoms with Gasteiger partial charge in [-0.25, -0.2) is 22.2 Å². The van der Waals surface area contributed by atoms with Crippen LogP contribution in [-0.2, 0) is 10.0 Å². The number of carboxylic acids is 1. The Labute approximate surface area is 277 Å². The topological polar surface area (TPSA) is 158 Å². The molecule has 246 valence electrons. The highest BCUT2D eigenvalue weighted by Crippen LogP contribution is 2.52. The van der Waals surface area contributed by atoms with Crippen LogP contribution in [0.4, 0.5) is 5.69 Å². The first-order chi connectivity index (χ1) is 23.1. The molecule has 1 aliphatic heterocycles. The van der Waals surface area contributed by atoms with E-state index in [-0.39, 0.29) is 56.1 Å². The highest BCUT2D eigenvalue weighted by Gasteiger charge is 2.35. The first-order valence-electron chi connectivity index (χ1n) is 15.2. The number of methoxy groups -OCH3 is 1. The number of fused-ring (bicyclic) bond motifs is 1. The molecule has 2 aromatic heterocycles. The normalized spacial score (nSPS) is 13.8. The molecule has 0 aliphatic carbocycles. The summed E-state index contributed by atoms with van der Waals surface area (Å²) in [5.74, 6) is -1.42. The molecular formula is C35H33N5O7S. The Balaban J connectivity index is 1.78. The maximum absolute atomic E-state index is 14.2. The fourth-order valence-electron chi connectivity index (χ4n) is 6.18. The number of aromatic nitrogens is 2. The third-order valence-corrected chi connectivity index (χ3v) is 10.2. The number of aromatic carboxylic acids is 1. The van der Waals surface area contributed by atoms with Gasteiger partial charge in [-0.05, 0) is 62.5 Å². The van der Waals surface area contributed by atoms with Gasteiger partial charge in [-0.2, -0.15) is 5.26 Å². The molecule has 0 unspecified atom stereocenters. The van der Waals surface area contributed by atoms with E-state index < -0.39 is 21.9 Å². The van der Waals surface area contributed by atoms with Crippen molar-refractivity contribution in [3.05, 3.63) is 84.1 Å². The van der Waals surface area contributed by atoms with Crippen LogP contribution in [0.5, 0.6) is 17.5 Å². The molecule has 3 heterocycles. The van der Waals surface area contributed by atoms with Crippen LogP contribution in [0.2, 0.25) is 0 Å². The summed E-state index contributed by atoms with van der Waals surface area (Å²) in [4.78, 5) is 21.6. The van der Waals surface area contributed by atoms with Crippen molar-refractivity contribution in [3.63, 3.8) is 0 Å². The Morgan fingerprint density at radius 3 is 2.35 bits per heavy atom. The molecule has 0 atom stereocenters. The number of piperazine rings is 1. The molecule has 0 bridgehead atoms. The number of benzene rings is 3. The van der Waals surface area contributed by atoms with Crippen molar-refractivity contribution in [2.24, 2.45) is 0 Å². The number of nitrogens with zero attached hydrogens (tertiary/aromatic N) is 5. The smallest absolute Gasteiger partial charge is 0.336 e. The second-order valence-corrected chi connectivity index (χ2v) is 13.0. The molecule has 0 amide bonds. The molecule has 13 heteroatoms. The zero-order valence-electron chi connectivity index (χ0n) is 26.5. The molecule has 0 saturated carbocycles. The Kier molecular flexibility index (Phi) is 8.70. The van der Waals surface area contributed by atoms with Gasteiger partial charge in [0.1, 0.15) is 11.8 Å². The van der Waals surface area contributed by atoms with Crippen molar-refractivity contribution in [2.45, 2.75) is 11.8 Å². The number of para-hydroxylation sites is 1. The number of aromatic hydroxyl groups is 1. The molecule has 48 heavy (non-hydrogen) atoms. The molecule has 3 aromatic carbocycles. The second-order valence-electron chi connectivity index (χ2n) is 11.2. The molecular weight excluding hydrogens is 634 g/mol.